The highest BCUT2D eigenvalue weighted by molar-refractivity contribution is 8.14. The number of benzene rings is 1. The Balaban J connectivity index is 1.65. The first kappa shape index (κ1) is 15.0. The lowest BCUT2D eigenvalue weighted by Gasteiger charge is -2.35. The van der Waals surface area contributed by atoms with E-state index in [1.807, 2.05) is 11.8 Å². The minimum Gasteiger partial charge on any atom is -0.362 e. The molecule has 0 aromatic heterocycles. The van der Waals surface area contributed by atoms with Crippen molar-refractivity contribution in [2.24, 2.45) is 16.8 Å². The monoisotopic (exact) mass is 302 g/mol. The van der Waals surface area contributed by atoms with Gasteiger partial charge in [-0.1, -0.05) is 68.8 Å². The van der Waals surface area contributed by atoms with Gasteiger partial charge in [-0.3, -0.25) is 4.99 Å². The van der Waals surface area contributed by atoms with Gasteiger partial charge in [0.15, 0.2) is 5.17 Å². The molecule has 1 aliphatic heterocycles. The number of rotatable bonds is 3. The van der Waals surface area contributed by atoms with E-state index in [1.54, 1.807) is 0 Å². The van der Waals surface area contributed by atoms with Gasteiger partial charge in [0.2, 0.25) is 0 Å². The van der Waals surface area contributed by atoms with Gasteiger partial charge in [-0.25, -0.2) is 0 Å². The highest BCUT2D eigenvalue weighted by Crippen LogP contribution is 2.33. The summed E-state index contributed by atoms with van der Waals surface area (Å²) in [5, 5.41) is 4.93. The minimum atomic E-state index is 0.333. The molecule has 3 rings (SSSR count). The zero-order valence-electron chi connectivity index (χ0n) is 13.1. The SMILES string of the molecule is CC(C)C1CCCCC1NC1=NC(c2ccccc2)CS1. The van der Waals surface area contributed by atoms with Crippen LogP contribution in [0.1, 0.15) is 51.1 Å². The fourth-order valence-electron chi connectivity index (χ4n) is 3.59. The predicted octanol–water partition coefficient (Wildman–Crippen LogP) is 4.63. The van der Waals surface area contributed by atoms with Crippen LogP contribution in [-0.2, 0) is 0 Å². The number of nitrogens with zero attached hydrogens (tertiary/aromatic N) is 1. The molecule has 0 radical (unpaired) electrons. The van der Waals surface area contributed by atoms with Crippen LogP contribution in [0.3, 0.4) is 0 Å². The molecule has 21 heavy (non-hydrogen) atoms. The standard InChI is InChI=1S/C18H26N2S/c1-13(2)15-10-6-7-11-16(15)19-18-20-17(12-21-18)14-8-4-3-5-9-14/h3-5,8-9,13,15-17H,6-7,10-12H2,1-2H3,(H,19,20). The largest absolute Gasteiger partial charge is 0.362 e. The van der Waals surface area contributed by atoms with Crippen LogP contribution in [0.15, 0.2) is 35.3 Å². The molecular weight excluding hydrogens is 276 g/mol. The van der Waals surface area contributed by atoms with Crippen molar-refractivity contribution in [3.8, 4) is 0 Å². The van der Waals surface area contributed by atoms with E-state index in [2.05, 4.69) is 49.5 Å². The summed E-state index contributed by atoms with van der Waals surface area (Å²) in [7, 11) is 0. The summed E-state index contributed by atoms with van der Waals surface area (Å²) in [4.78, 5) is 4.91. The maximum absolute atomic E-state index is 4.91. The van der Waals surface area contributed by atoms with Crippen molar-refractivity contribution in [3.05, 3.63) is 35.9 Å². The molecule has 2 nitrogen and oxygen atoms in total. The van der Waals surface area contributed by atoms with Gasteiger partial charge >= 0.3 is 0 Å². The molecule has 1 aromatic rings. The van der Waals surface area contributed by atoms with E-state index in [1.165, 1.54) is 36.4 Å². The summed E-state index contributed by atoms with van der Waals surface area (Å²) < 4.78 is 0. The van der Waals surface area contributed by atoms with Crippen LogP contribution in [0, 0.1) is 11.8 Å². The van der Waals surface area contributed by atoms with Gasteiger partial charge in [0.1, 0.15) is 0 Å². The van der Waals surface area contributed by atoms with Gasteiger partial charge in [0.05, 0.1) is 6.04 Å². The normalized spacial score (nSPS) is 29.5. The van der Waals surface area contributed by atoms with Crippen molar-refractivity contribution in [2.75, 3.05) is 5.75 Å². The minimum absolute atomic E-state index is 0.333. The van der Waals surface area contributed by atoms with Crippen molar-refractivity contribution in [3.63, 3.8) is 0 Å². The molecule has 1 heterocycles. The lowest BCUT2D eigenvalue weighted by Crippen LogP contribution is -2.42. The van der Waals surface area contributed by atoms with Gasteiger partial charge in [0.25, 0.3) is 0 Å². The van der Waals surface area contributed by atoms with Crippen LogP contribution in [0.4, 0.5) is 0 Å². The van der Waals surface area contributed by atoms with Gasteiger partial charge in [-0.15, -0.1) is 0 Å². The number of amidine groups is 1. The number of aliphatic imine (C=N–C) groups is 1. The number of nitrogens with one attached hydrogen (secondary N) is 1. The van der Waals surface area contributed by atoms with Gasteiger partial charge < -0.3 is 5.32 Å². The first-order chi connectivity index (χ1) is 10.2. The van der Waals surface area contributed by atoms with Crippen LogP contribution < -0.4 is 5.32 Å². The summed E-state index contributed by atoms with van der Waals surface area (Å²) in [6.07, 6.45) is 5.43. The van der Waals surface area contributed by atoms with E-state index in [0.717, 1.165) is 17.6 Å². The van der Waals surface area contributed by atoms with E-state index in [0.29, 0.717) is 12.1 Å². The number of hydrogen-bond acceptors (Lipinski definition) is 3. The molecule has 3 heteroatoms. The molecule has 1 aromatic carbocycles. The van der Waals surface area contributed by atoms with Crippen LogP contribution in [0.25, 0.3) is 0 Å². The molecule has 1 saturated carbocycles. The molecule has 1 aliphatic carbocycles. The summed E-state index contributed by atoms with van der Waals surface area (Å²) in [5.74, 6) is 2.64. The molecular formula is C18H26N2S. The van der Waals surface area contributed by atoms with Crippen LogP contribution >= 0.6 is 11.8 Å². The van der Waals surface area contributed by atoms with E-state index < -0.39 is 0 Å². The zero-order chi connectivity index (χ0) is 14.7. The molecule has 3 atom stereocenters. The zero-order valence-corrected chi connectivity index (χ0v) is 13.9. The lowest BCUT2D eigenvalue weighted by molar-refractivity contribution is 0.225. The Morgan fingerprint density at radius 2 is 1.90 bits per heavy atom. The highest BCUT2D eigenvalue weighted by atomic mass is 32.2. The molecule has 1 fully saturated rings. The Hall–Kier alpha value is -0.960. The maximum atomic E-state index is 4.91. The molecule has 0 amide bonds. The molecule has 0 spiro atoms. The summed E-state index contributed by atoms with van der Waals surface area (Å²) in [6, 6.07) is 11.6. The second kappa shape index (κ2) is 6.87. The lowest BCUT2D eigenvalue weighted by atomic mass is 9.78. The molecule has 2 aliphatic rings. The van der Waals surface area contributed by atoms with Gasteiger partial charge in [-0.05, 0) is 30.2 Å². The third kappa shape index (κ3) is 3.63. The Morgan fingerprint density at radius 3 is 2.67 bits per heavy atom. The molecule has 114 valence electrons. The summed E-state index contributed by atoms with van der Waals surface area (Å²) in [5.41, 5.74) is 1.34. The van der Waals surface area contributed by atoms with E-state index >= 15 is 0 Å². The van der Waals surface area contributed by atoms with Crippen molar-refractivity contribution < 1.29 is 0 Å². The number of hydrogen-bond donors (Lipinski definition) is 1. The Bertz CT molecular complexity index is 483. The molecule has 1 N–H and O–H groups in total. The van der Waals surface area contributed by atoms with Crippen LogP contribution in [0.5, 0.6) is 0 Å². The summed E-state index contributed by atoms with van der Waals surface area (Å²) >= 11 is 1.89. The molecule has 0 bridgehead atoms. The fourth-order valence-corrected chi connectivity index (χ4v) is 4.61. The Morgan fingerprint density at radius 1 is 1.14 bits per heavy atom. The quantitative estimate of drug-likeness (QED) is 0.880. The topological polar surface area (TPSA) is 24.4 Å². The first-order valence-corrected chi connectivity index (χ1v) is 9.24. The highest BCUT2D eigenvalue weighted by Gasteiger charge is 2.30. The Labute approximate surface area is 132 Å². The van der Waals surface area contributed by atoms with Gasteiger partial charge in [-0.2, -0.15) is 0 Å². The molecule has 3 unspecified atom stereocenters. The van der Waals surface area contributed by atoms with E-state index in [-0.39, 0.29) is 0 Å². The summed E-state index contributed by atoms with van der Waals surface area (Å²) in [6.45, 7) is 4.72. The number of thioether (sulfide) groups is 1. The van der Waals surface area contributed by atoms with E-state index in [9.17, 15) is 0 Å². The van der Waals surface area contributed by atoms with Crippen molar-refractivity contribution in [1.82, 2.24) is 5.32 Å². The van der Waals surface area contributed by atoms with Crippen molar-refractivity contribution in [2.45, 2.75) is 51.6 Å². The van der Waals surface area contributed by atoms with Gasteiger partial charge in [0, 0.05) is 11.8 Å². The van der Waals surface area contributed by atoms with Crippen molar-refractivity contribution >= 4 is 16.9 Å². The second-order valence-electron chi connectivity index (χ2n) is 6.61. The maximum Gasteiger partial charge on any atom is 0.157 e. The average molecular weight is 302 g/mol. The average Bonchev–Trinajstić information content (AvgIpc) is 2.97. The van der Waals surface area contributed by atoms with E-state index in [4.69, 9.17) is 4.99 Å². The first-order valence-electron chi connectivity index (χ1n) is 8.26. The second-order valence-corrected chi connectivity index (χ2v) is 7.62. The molecule has 0 saturated heterocycles. The van der Waals surface area contributed by atoms with Crippen molar-refractivity contribution in [1.29, 1.82) is 0 Å². The fraction of sp³-hybridized carbons (Fsp3) is 0.611. The van der Waals surface area contributed by atoms with Crippen LogP contribution in [-0.4, -0.2) is 17.0 Å². The third-order valence-corrected chi connectivity index (χ3v) is 5.80. The Kier molecular flexibility index (Phi) is 4.89. The third-order valence-electron chi connectivity index (χ3n) is 4.82. The van der Waals surface area contributed by atoms with Crippen LogP contribution in [0.2, 0.25) is 0 Å². The predicted molar refractivity (Wildman–Crippen MR) is 92.8 cm³/mol. The smallest absolute Gasteiger partial charge is 0.157 e.